The van der Waals surface area contributed by atoms with Crippen molar-refractivity contribution in [1.82, 2.24) is 0 Å². The van der Waals surface area contributed by atoms with Gasteiger partial charge in [0, 0.05) is 19.5 Å². The zero-order chi connectivity index (χ0) is 11.6. The number of carbonyl (C=O) groups excluding carboxylic acids is 1. The molecule has 0 aliphatic carbocycles. The number of benzene rings is 1. The van der Waals surface area contributed by atoms with Gasteiger partial charge in [0.25, 0.3) is 0 Å². The lowest BCUT2D eigenvalue weighted by atomic mass is 10.1. The van der Waals surface area contributed by atoms with Gasteiger partial charge in [-0.1, -0.05) is 0 Å². The number of aromatic hydroxyl groups is 1. The molecule has 4 nitrogen and oxygen atoms in total. The summed E-state index contributed by atoms with van der Waals surface area (Å²) in [5.41, 5.74) is 2.94. The Morgan fingerprint density at radius 1 is 1.40 bits per heavy atom. The first-order chi connectivity index (χ1) is 6.97. The largest absolute Gasteiger partial charge is 0.505 e. The van der Waals surface area contributed by atoms with Crippen molar-refractivity contribution in [3.8, 4) is 5.75 Å². The number of phenols is 1. The quantitative estimate of drug-likeness (QED) is 0.651. The molecule has 1 amide bonds. The molecule has 0 saturated carbocycles. The zero-order valence-corrected chi connectivity index (χ0v) is 9.43. The normalized spacial score (nSPS) is 9.87. The van der Waals surface area contributed by atoms with Crippen LogP contribution in [0.5, 0.6) is 5.75 Å². The van der Waals surface area contributed by atoms with Gasteiger partial charge in [0.15, 0.2) is 0 Å². The highest BCUT2D eigenvalue weighted by Gasteiger charge is 2.12. The van der Waals surface area contributed by atoms with Crippen molar-refractivity contribution in [2.24, 2.45) is 0 Å². The molecule has 1 aromatic carbocycles. The molecule has 0 heterocycles. The Kier molecular flexibility index (Phi) is 3.19. The number of carbonyl (C=O) groups is 1. The highest BCUT2D eigenvalue weighted by atomic mass is 16.3. The van der Waals surface area contributed by atoms with E-state index in [0.29, 0.717) is 16.9 Å². The van der Waals surface area contributed by atoms with Crippen molar-refractivity contribution < 1.29 is 9.90 Å². The first-order valence-corrected chi connectivity index (χ1v) is 4.76. The van der Waals surface area contributed by atoms with E-state index in [1.165, 1.54) is 6.92 Å². The Balaban J connectivity index is 3.29. The zero-order valence-electron chi connectivity index (χ0n) is 9.43. The maximum atomic E-state index is 11.0. The van der Waals surface area contributed by atoms with Crippen molar-refractivity contribution >= 4 is 17.3 Å². The van der Waals surface area contributed by atoms with Gasteiger partial charge in [0.05, 0.1) is 11.4 Å². The van der Waals surface area contributed by atoms with E-state index in [1.807, 2.05) is 6.92 Å². The number of nitrogens with one attached hydrogen (secondary N) is 2. The van der Waals surface area contributed by atoms with Crippen LogP contribution in [0.25, 0.3) is 0 Å². The standard InChI is InChI=1S/C11H16N2O2/c1-6-5-9(12-4)11(15)7(2)10(6)13-8(3)14/h5,12,15H,1-4H3,(H,13,14). The van der Waals surface area contributed by atoms with Gasteiger partial charge in [0.2, 0.25) is 5.91 Å². The predicted octanol–water partition coefficient (Wildman–Crippen LogP) is 2.01. The van der Waals surface area contributed by atoms with Crippen LogP contribution in [0.1, 0.15) is 18.1 Å². The van der Waals surface area contributed by atoms with E-state index >= 15 is 0 Å². The smallest absolute Gasteiger partial charge is 0.221 e. The molecule has 0 unspecified atom stereocenters. The fraction of sp³-hybridized carbons (Fsp3) is 0.364. The van der Waals surface area contributed by atoms with Crippen LogP contribution in [0.4, 0.5) is 11.4 Å². The van der Waals surface area contributed by atoms with E-state index in [-0.39, 0.29) is 11.7 Å². The lowest BCUT2D eigenvalue weighted by Gasteiger charge is -2.15. The lowest BCUT2D eigenvalue weighted by molar-refractivity contribution is -0.114. The van der Waals surface area contributed by atoms with Gasteiger partial charge >= 0.3 is 0 Å². The maximum absolute atomic E-state index is 11.0. The molecular weight excluding hydrogens is 192 g/mol. The number of phenolic OH excluding ortho intramolecular Hbond substituents is 1. The minimum atomic E-state index is -0.141. The summed E-state index contributed by atoms with van der Waals surface area (Å²) in [6.45, 7) is 5.11. The number of hydrogen-bond acceptors (Lipinski definition) is 3. The third-order valence-corrected chi connectivity index (χ3v) is 2.31. The van der Waals surface area contributed by atoms with Crippen molar-refractivity contribution in [2.45, 2.75) is 20.8 Å². The third kappa shape index (κ3) is 2.21. The first kappa shape index (κ1) is 11.4. The Morgan fingerprint density at radius 3 is 2.47 bits per heavy atom. The highest BCUT2D eigenvalue weighted by molar-refractivity contribution is 5.92. The number of hydrogen-bond donors (Lipinski definition) is 3. The molecule has 1 aromatic rings. The summed E-state index contributed by atoms with van der Waals surface area (Å²) in [5, 5.41) is 15.4. The minimum Gasteiger partial charge on any atom is -0.505 e. The van der Waals surface area contributed by atoms with E-state index in [9.17, 15) is 9.90 Å². The number of anilines is 2. The van der Waals surface area contributed by atoms with Crippen molar-refractivity contribution in [3.05, 3.63) is 17.2 Å². The van der Waals surface area contributed by atoms with E-state index in [1.54, 1.807) is 20.0 Å². The maximum Gasteiger partial charge on any atom is 0.221 e. The predicted molar refractivity (Wildman–Crippen MR) is 61.4 cm³/mol. The monoisotopic (exact) mass is 208 g/mol. The summed E-state index contributed by atoms with van der Waals surface area (Å²) in [7, 11) is 1.74. The highest BCUT2D eigenvalue weighted by Crippen LogP contribution is 2.35. The van der Waals surface area contributed by atoms with Crippen LogP contribution in [0.2, 0.25) is 0 Å². The van der Waals surface area contributed by atoms with Crippen molar-refractivity contribution in [2.75, 3.05) is 17.7 Å². The topological polar surface area (TPSA) is 61.4 Å². The Labute approximate surface area is 89.3 Å². The molecule has 0 aromatic heterocycles. The van der Waals surface area contributed by atoms with Gasteiger partial charge in [-0.3, -0.25) is 4.79 Å². The van der Waals surface area contributed by atoms with Crippen LogP contribution in [0.15, 0.2) is 6.07 Å². The van der Waals surface area contributed by atoms with Gasteiger partial charge in [-0.25, -0.2) is 0 Å². The van der Waals surface area contributed by atoms with Crippen LogP contribution < -0.4 is 10.6 Å². The van der Waals surface area contributed by atoms with Gasteiger partial charge in [-0.15, -0.1) is 0 Å². The Morgan fingerprint density at radius 2 is 2.00 bits per heavy atom. The van der Waals surface area contributed by atoms with Crippen LogP contribution >= 0.6 is 0 Å². The van der Waals surface area contributed by atoms with Crippen LogP contribution in [0, 0.1) is 13.8 Å². The van der Waals surface area contributed by atoms with Crippen molar-refractivity contribution in [3.63, 3.8) is 0 Å². The molecule has 0 atom stereocenters. The van der Waals surface area contributed by atoms with E-state index in [4.69, 9.17) is 0 Å². The van der Waals surface area contributed by atoms with Gasteiger partial charge in [0.1, 0.15) is 5.75 Å². The van der Waals surface area contributed by atoms with E-state index in [2.05, 4.69) is 10.6 Å². The molecule has 3 N–H and O–H groups in total. The summed E-state index contributed by atoms with van der Waals surface area (Å²) in [6.07, 6.45) is 0. The fourth-order valence-corrected chi connectivity index (χ4v) is 1.53. The molecule has 0 fully saturated rings. The molecule has 0 bridgehead atoms. The summed E-state index contributed by atoms with van der Waals surface area (Å²) in [4.78, 5) is 11.0. The molecule has 15 heavy (non-hydrogen) atoms. The van der Waals surface area contributed by atoms with Gasteiger partial charge in [-0.2, -0.15) is 0 Å². The molecule has 4 heteroatoms. The summed E-state index contributed by atoms with van der Waals surface area (Å²) < 4.78 is 0. The third-order valence-electron chi connectivity index (χ3n) is 2.31. The van der Waals surface area contributed by atoms with Crippen molar-refractivity contribution in [1.29, 1.82) is 0 Å². The molecule has 0 radical (unpaired) electrons. The van der Waals surface area contributed by atoms with E-state index < -0.39 is 0 Å². The molecule has 0 aliphatic heterocycles. The van der Waals surface area contributed by atoms with E-state index in [0.717, 1.165) is 5.56 Å². The SMILES string of the molecule is CNc1cc(C)c(NC(C)=O)c(C)c1O. The van der Waals surface area contributed by atoms with Crippen LogP contribution in [-0.4, -0.2) is 18.1 Å². The van der Waals surface area contributed by atoms with Crippen LogP contribution in [0.3, 0.4) is 0 Å². The average molecular weight is 208 g/mol. The number of rotatable bonds is 2. The van der Waals surface area contributed by atoms with Gasteiger partial charge in [-0.05, 0) is 25.5 Å². The molecule has 0 aliphatic rings. The summed E-state index contributed by atoms with van der Waals surface area (Å²) >= 11 is 0. The lowest BCUT2D eigenvalue weighted by Crippen LogP contribution is -2.09. The first-order valence-electron chi connectivity index (χ1n) is 4.76. The van der Waals surface area contributed by atoms with Gasteiger partial charge < -0.3 is 15.7 Å². The average Bonchev–Trinajstić information content (AvgIpc) is 2.18. The fourth-order valence-electron chi connectivity index (χ4n) is 1.53. The molecule has 82 valence electrons. The summed E-state index contributed by atoms with van der Waals surface area (Å²) in [6, 6.07) is 1.80. The summed E-state index contributed by atoms with van der Waals surface area (Å²) in [5.74, 6) is 0.0321. The second kappa shape index (κ2) is 4.21. The molecular formula is C11H16N2O2. The molecule has 0 saturated heterocycles. The van der Waals surface area contributed by atoms with Crippen LogP contribution in [-0.2, 0) is 4.79 Å². The Hall–Kier alpha value is -1.71. The molecule has 1 rings (SSSR count). The number of amides is 1. The number of aryl methyl sites for hydroxylation is 1. The Bertz CT molecular complexity index is 400. The minimum absolute atomic E-state index is 0.141. The second-order valence-corrected chi connectivity index (χ2v) is 3.52. The molecule has 0 spiro atoms. The second-order valence-electron chi connectivity index (χ2n) is 3.52.